The van der Waals surface area contributed by atoms with Crippen molar-refractivity contribution in [1.82, 2.24) is 4.90 Å². The first kappa shape index (κ1) is 13.9. The number of nitrogens with zero attached hydrogens (tertiary/aromatic N) is 2. The Balaban J connectivity index is 2.12. The lowest BCUT2D eigenvalue weighted by atomic mass is 10.1. The molecule has 0 amide bonds. The number of ketones is 1. The molecular formula is C15H22N2O2. The summed E-state index contributed by atoms with van der Waals surface area (Å²) in [5.41, 5.74) is 1.81. The average Bonchev–Trinajstić information content (AvgIpc) is 2.38. The number of hydrogen-bond donors (Lipinski definition) is 0. The zero-order valence-electron chi connectivity index (χ0n) is 12.0. The van der Waals surface area contributed by atoms with Gasteiger partial charge in [0.2, 0.25) is 0 Å². The fourth-order valence-electron chi connectivity index (χ4n) is 2.30. The summed E-state index contributed by atoms with van der Waals surface area (Å²) < 4.78 is 5.65. The van der Waals surface area contributed by atoms with Crippen molar-refractivity contribution in [2.75, 3.05) is 45.2 Å². The second-order valence-electron chi connectivity index (χ2n) is 5.23. The van der Waals surface area contributed by atoms with E-state index in [4.69, 9.17) is 4.74 Å². The highest BCUT2D eigenvalue weighted by molar-refractivity contribution is 5.95. The number of hydrogen-bond acceptors (Lipinski definition) is 4. The first-order valence-electron chi connectivity index (χ1n) is 6.75. The van der Waals surface area contributed by atoms with Crippen LogP contribution >= 0.6 is 0 Å². The minimum absolute atomic E-state index is 0.0987. The number of ether oxygens (including phenoxy) is 1. The van der Waals surface area contributed by atoms with Crippen LogP contribution in [0.4, 0.5) is 5.69 Å². The summed E-state index contributed by atoms with van der Waals surface area (Å²) in [6.07, 6.45) is 1.11. The molecule has 104 valence electrons. The van der Waals surface area contributed by atoms with Crippen LogP contribution in [-0.4, -0.2) is 51.0 Å². The van der Waals surface area contributed by atoms with E-state index >= 15 is 0 Å². The Kier molecular flexibility index (Phi) is 4.43. The summed E-state index contributed by atoms with van der Waals surface area (Å²) in [6.45, 7) is 5.27. The summed E-state index contributed by atoms with van der Waals surface area (Å²) in [6, 6.07) is 5.70. The molecule has 1 aliphatic rings. The molecule has 1 aromatic carbocycles. The average molecular weight is 262 g/mol. The normalized spacial score (nSPS) is 14.2. The number of carbonyl (C=O) groups is 1. The van der Waals surface area contributed by atoms with E-state index in [1.807, 2.05) is 18.2 Å². The SMILES string of the molecule is CC(=O)c1ccc2c(c1)N(CCCN(C)C)CCO2. The van der Waals surface area contributed by atoms with E-state index in [2.05, 4.69) is 23.9 Å². The molecule has 4 nitrogen and oxygen atoms in total. The van der Waals surface area contributed by atoms with Crippen molar-refractivity contribution in [3.63, 3.8) is 0 Å². The van der Waals surface area contributed by atoms with Gasteiger partial charge in [0.25, 0.3) is 0 Å². The van der Waals surface area contributed by atoms with Crippen LogP contribution in [0.5, 0.6) is 5.75 Å². The van der Waals surface area contributed by atoms with Crippen LogP contribution in [0.1, 0.15) is 23.7 Å². The van der Waals surface area contributed by atoms with E-state index < -0.39 is 0 Å². The van der Waals surface area contributed by atoms with E-state index in [9.17, 15) is 4.79 Å². The van der Waals surface area contributed by atoms with Gasteiger partial charge < -0.3 is 14.5 Å². The largest absolute Gasteiger partial charge is 0.490 e. The maximum absolute atomic E-state index is 11.5. The van der Waals surface area contributed by atoms with E-state index in [-0.39, 0.29) is 5.78 Å². The number of fused-ring (bicyclic) bond motifs is 1. The summed E-state index contributed by atoms with van der Waals surface area (Å²) in [4.78, 5) is 16.0. The first-order chi connectivity index (χ1) is 9.08. The Morgan fingerprint density at radius 3 is 2.89 bits per heavy atom. The fourth-order valence-corrected chi connectivity index (χ4v) is 2.30. The number of anilines is 1. The van der Waals surface area contributed by atoms with Crippen molar-refractivity contribution in [2.45, 2.75) is 13.3 Å². The van der Waals surface area contributed by atoms with Gasteiger partial charge in [-0.3, -0.25) is 4.79 Å². The van der Waals surface area contributed by atoms with Crippen LogP contribution in [0.15, 0.2) is 18.2 Å². The van der Waals surface area contributed by atoms with Crippen LogP contribution < -0.4 is 9.64 Å². The molecule has 1 aliphatic heterocycles. The number of Topliss-reactive ketones (excluding diaryl/α,β-unsaturated/α-hetero) is 1. The number of carbonyl (C=O) groups excluding carboxylic acids is 1. The Hall–Kier alpha value is -1.55. The Labute approximate surface area is 115 Å². The highest BCUT2D eigenvalue weighted by atomic mass is 16.5. The Morgan fingerprint density at radius 2 is 2.21 bits per heavy atom. The maximum atomic E-state index is 11.5. The smallest absolute Gasteiger partial charge is 0.159 e. The fraction of sp³-hybridized carbons (Fsp3) is 0.533. The third-order valence-electron chi connectivity index (χ3n) is 3.36. The quantitative estimate of drug-likeness (QED) is 0.760. The molecule has 0 saturated heterocycles. The van der Waals surface area contributed by atoms with Crippen LogP contribution in [0.2, 0.25) is 0 Å². The molecule has 2 rings (SSSR count). The van der Waals surface area contributed by atoms with Crippen molar-refractivity contribution in [2.24, 2.45) is 0 Å². The second kappa shape index (κ2) is 6.06. The van der Waals surface area contributed by atoms with Crippen molar-refractivity contribution in [3.05, 3.63) is 23.8 Å². The third kappa shape index (κ3) is 3.47. The van der Waals surface area contributed by atoms with Gasteiger partial charge in [-0.25, -0.2) is 0 Å². The third-order valence-corrected chi connectivity index (χ3v) is 3.36. The Morgan fingerprint density at radius 1 is 1.42 bits per heavy atom. The zero-order valence-corrected chi connectivity index (χ0v) is 12.0. The summed E-state index contributed by atoms with van der Waals surface area (Å²) in [5.74, 6) is 0.989. The van der Waals surface area contributed by atoms with Gasteiger partial charge >= 0.3 is 0 Å². The summed E-state index contributed by atoms with van der Waals surface area (Å²) in [5, 5.41) is 0. The molecule has 0 N–H and O–H groups in total. The number of benzene rings is 1. The van der Waals surface area contributed by atoms with Gasteiger partial charge in [0.15, 0.2) is 5.78 Å². The molecule has 0 radical (unpaired) electrons. The molecule has 0 saturated carbocycles. The van der Waals surface area contributed by atoms with Gasteiger partial charge in [0, 0.05) is 12.1 Å². The summed E-state index contributed by atoms with van der Waals surface area (Å²) in [7, 11) is 4.17. The van der Waals surface area contributed by atoms with E-state index in [0.29, 0.717) is 6.61 Å². The van der Waals surface area contributed by atoms with E-state index in [1.165, 1.54) is 0 Å². The van der Waals surface area contributed by atoms with Crippen molar-refractivity contribution in [3.8, 4) is 5.75 Å². The first-order valence-corrected chi connectivity index (χ1v) is 6.75. The predicted octanol–water partition coefficient (Wildman–Crippen LogP) is 2.04. The molecule has 0 spiro atoms. The monoisotopic (exact) mass is 262 g/mol. The van der Waals surface area contributed by atoms with E-state index in [0.717, 1.165) is 43.1 Å². The van der Waals surface area contributed by atoms with Gasteiger partial charge in [-0.1, -0.05) is 0 Å². The molecule has 0 unspecified atom stereocenters. The molecular weight excluding hydrogens is 240 g/mol. The Bertz CT molecular complexity index is 457. The minimum atomic E-state index is 0.0987. The summed E-state index contributed by atoms with van der Waals surface area (Å²) >= 11 is 0. The lowest BCUT2D eigenvalue weighted by Crippen LogP contribution is -2.34. The molecule has 19 heavy (non-hydrogen) atoms. The van der Waals surface area contributed by atoms with Crippen LogP contribution in [0.3, 0.4) is 0 Å². The predicted molar refractivity (Wildman–Crippen MR) is 77.3 cm³/mol. The van der Waals surface area contributed by atoms with Crippen LogP contribution in [-0.2, 0) is 0 Å². The van der Waals surface area contributed by atoms with Crippen molar-refractivity contribution < 1.29 is 9.53 Å². The number of rotatable bonds is 5. The molecule has 0 bridgehead atoms. The van der Waals surface area contributed by atoms with Crippen LogP contribution in [0.25, 0.3) is 0 Å². The van der Waals surface area contributed by atoms with Gasteiger partial charge in [-0.05, 0) is 52.2 Å². The van der Waals surface area contributed by atoms with Crippen LogP contribution in [0, 0.1) is 0 Å². The molecule has 1 aromatic rings. The molecule has 0 aromatic heterocycles. The second-order valence-corrected chi connectivity index (χ2v) is 5.23. The maximum Gasteiger partial charge on any atom is 0.159 e. The minimum Gasteiger partial charge on any atom is -0.490 e. The molecule has 0 fully saturated rings. The topological polar surface area (TPSA) is 32.8 Å². The molecule has 1 heterocycles. The van der Waals surface area contributed by atoms with Crippen molar-refractivity contribution >= 4 is 11.5 Å². The van der Waals surface area contributed by atoms with Crippen molar-refractivity contribution in [1.29, 1.82) is 0 Å². The van der Waals surface area contributed by atoms with Gasteiger partial charge in [0.05, 0.1) is 12.2 Å². The zero-order chi connectivity index (χ0) is 13.8. The van der Waals surface area contributed by atoms with Gasteiger partial charge in [-0.2, -0.15) is 0 Å². The standard InChI is InChI=1S/C15H22N2O2/c1-12(18)13-5-6-15-14(11-13)17(9-10-19-15)8-4-7-16(2)3/h5-6,11H,4,7-10H2,1-3H3. The highest BCUT2D eigenvalue weighted by Crippen LogP contribution is 2.32. The molecule has 4 heteroatoms. The lowest BCUT2D eigenvalue weighted by Gasteiger charge is -2.31. The lowest BCUT2D eigenvalue weighted by molar-refractivity contribution is 0.101. The molecule has 0 aliphatic carbocycles. The highest BCUT2D eigenvalue weighted by Gasteiger charge is 2.18. The van der Waals surface area contributed by atoms with Gasteiger partial charge in [0.1, 0.15) is 12.4 Å². The van der Waals surface area contributed by atoms with E-state index in [1.54, 1.807) is 6.92 Å². The van der Waals surface area contributed by atoms with Gasteiger partial charge in [-0.15, -0.1) is 0 Å². The molecule has 0 atom stereocenters.